The summed E-state index contributed by atoms with van der Waals surface area (Å²) < 4.78 is 11.0. The Bertz CT molecular complexity index is 762. The minimum Gasteiger partial charge on any atom is -0.454 e. The highest BCUT2D eigenvalue weighted by atomic mass is 16.7. The van der Waals surface area contributed by atoms with E-state index in [9.17, 15) is 0 Å². The zero-order chi connectivity index (χ0) is 15.2. The zero-order valence-corrected chi connectivity index (χ0v) is 12.9. The Morgan fingerprint density at radius 1 is 1.17 bits per heavy atom. The molecule has 1 saturated heterocycles. The number of rotatable bonds is 1. The number of benzene rings is 1. The minimum atomic E-state index is 0.315. The smallest absolute Gasteiger partial charge is 0.231 e. The quantitative estimate of drug-likeness (QED) is 0.875. The molecule has 1 aromatic heterocycles. The summed E-state index contributed by atoms with van der Waals surface area (Å²) in [6.45, 7) is 3.45. The van der Waals surface area contributed by atoms with Crippen molar-refractivity contribution in [3.63, 3.8) is 0 Å². The van der Waals surface area contributed by atoms with E-state index in [1.807, 2.05) is 12.3 Å². The van der Waals surface area contributed by atoms with Gasteiger partial charge in [0, 0.05) is 37.4 Å². The van der Waals surface area contributed by atoms with E-state index in [-0.39, 0.29) is 0 Å². The number of nitrogens with zero attached hydrogens (tertiary/aromatic N) is 2. The molecule has 1 atom stereocenters. The SMILES string of the molecule is c1cc(-c2ccc3c(c2)OCO3)c2c(n1)N1CCNC[C@H]1CC2. The fraction of sp³-hybridized carbons (Fsp3) is 0.389. The maximum Gasteiger partial charge on any atom is 0.231 e. The molecule has 0 saturated carbocycles. The van der Waals surface area contributed by atoms with Crippen LogP contribution in [0.5, 0.6) is 11.5 Å². The average Bonchev–Trinajstić information content (AvgIpc) is 3.08. The average molecular weight is 309 g/mol. The third-order valence-electron chi connectivity index (χ3n) is 5.07. The van der Waals surface area contributed by atoms with E-state index in [1.165, 1.54) is 23.1 Å². The van der Waals surface area contributed by atoms with Crippen molar-refractivity contribution >= 4 is 5.82 Å². The normalized spacial score (nSPS) is 21.7. The van der Waals surface area contributed by atoms with E-state index in [2.05, 4.69) is 28.4 Å². The standard InChI is InChI=1S/C18H19N3O2/c1-4-16-17(23-11-22-16)9-12(1)14-5-6-20-18-15(14)3-2-13-10-19-7-8-21(13)18/h1,4-6,9,13,19H,2-3,7-8,10-11H2/t13-/m1/s1. The van der Waals surface area contributed by atoms with E-state index >= 15 is 0 Å². The molecule has 4 heterocycles. The number of fused-ring (bicyclic) bond motifs is 4. The van der Waals surface area contributed by atoms with E-state index in [1.54, 1.807) is 0 Å². The van der Waals surface area contributed by atoms with Crippen molar-refractivity contribution in [1.82, 2.24) is 10.3 Å². The molecule has 0 radical (unpaired) electrons. The molecule has 0 spiro atoms. The molecular weight excluding hydrogens is 290 g/mol. The summed E-state index contributed by atoms with van der Waals surface area (Å²) in [7, 11) is 0. The van der Waals surface area contributed by atoms with Gasteiger partial charge in [0.15, 0.2) is 11.5 Å². The Balaban J connectivity index is 1.60. The van der Waals surface area contributed by atoms with Crippen LogP contribution in [0.1, 0.15) is 12.0 Å². The molecular formula is C18H19N3O2. The second kappa shape index (κ2) is 5.13. The summed E-state index contributed by atoms with van der Waals surface area (Å²) in [5.41, 5.74) is 3.82. The van der Waals surface area contributed by atoms with Gasteiger partial charge in [-0.2, -0.15) is 0 Å². The molecule has 3 aliphatic rings. The lowest BCUT2D eigenvalue weighted by Crippen LogP contribution is -2.53. The van der Waals surface area contributed by atoms with Gasteiger partial charge in [0.1, 0.15) is 5.82 Å². The summed E-state index contributed by atoms with van der Waals surface area (Å²) >= 11 is 0. The molecule has 0 bridgehead atoms. The molecule has 1 fully saturated rings. The fourth-order valence-corrected chi connectivity index (χ4v) is 3.92. The lowest BCUT2D eigenvalue weighted by Gasteiger charge is -2.42. The van der Waals surface area contributed by atoms with E-state index < -0.39 is 0 Å². The number of hydrogen-bond acceptors (Lipinski definition) is 5. The monoisotopic (exact) mass is 309 g/mol. The van der Waals surface area contributed by atoms with Gasteiger partial charge < -0.3 is 19.7 Å². The second-order valence-corrected chi connectivity index (χ2v) is 6.32. The Kier molecular flexibility index (Phi) is 2.94. The summed E-state index contributed by atoms with van der Waals surface area (Å²) in [4.78, 5) is 7.18. The van der Waals surface area contributed by atoms with Crippen molar-refractivity contribution < 1.29 is 9.47 Å². The van der Waals surface area contributed by atoms with Gasteiger partial charge in [-0.15, -0.1) is 0 Å². The second-order valence-electron chi connectivity index (χ2n) is 6.32. The molecule has 5 rings (SSSR count). The van der Waals surface area contributed by atoms with Crippen LogP contribution >= 0.6 is 0 Å². The molecule has 3 aliphatic heterocycles. The van der Waals surface area contributed by atoms with Crippen LogP contribution in [0.4, 0.5) is 5.82 Å². The Morgan fingerprint density at radius 3 is 3.13 bits per heavy atom. The molecule has 5 heteroatoms. The van der Waals surface area contributed by atoms with Crippen LogP contribution in [0.3, 0.4) is 0 Å². The largest absolute Gasteiger partial charge is 0.454 e. The molecule has 2 aromatic rings. The Hall–Kier alpha value is -2.27. The molecule has 0 unspecified atom stereocenters. The zero-order valence-electron chi connectivity index (χ0n) is 12.9. The first kappa shape index (κ1) is 13.2. The third-order valence-corrected chi connectivity index (χ3v) is 5.07. The lowest BCUT2D eigenvalue weighted by atomic mass is 9.91. The molecule has 1 aromatic carbocycles. The maximum atomic E-state index is 5.53. The molecule has 0 aliphatic carbocycles. The van der Waals surface area contributed by atoms with E-state index in [0.717, 1.165) is 43.4 Å². The number of pyridine rings is 1. The van der Waals surface area contributed by atoms with Crippen molar-refractivity contribution in [2.24, 2.45) is 0 Å². The summed E-state index contributed by atoms with van der Waals surface area (Å²) in [6, 6.07) is 8.91. The van der Waals surface area contributed by atoms with Crippen molar-refractivity contribution in [1.29, 1.82) is 0 Å². The first-order chi connectivity index (χ1) is 11.4. The number of hydrogen-bond donors (Lipinski definition) is 1. The van der Waals surface area contributed by atoms with Crippen molar-refractivity contribution in [2.75, 3.05) is 31.3 Å². The number of piperazine rings is 1. The highest BCUT2D eigenvalue weighted by Crippen LogP contribution is 2.40. The number of nitrogens with one attached hydrogen (secondary N) is 1. The van der Waals surface area contributed by atoms with Gasteiger partial charge in [-0.3, -0.25) is 0 Å². The molecule has 118 valence electrons. The molecule has 0 amide bonds. The van der Waals surface area contributed by atoms with Gasteiger partial charge in [0.25, 0.3) is 0 Å². The fourth-order valence-electron chi connectivity index (χ4n) is 3.92. The highest BCUT2D eigenvalue weighted by molar-refractivity contribution is 5.75. The van der Waals surface area contributed by atoms with Crippen LogP contribution in [0.15, 0.2) is 30.5 Å². The van der Waals surface area contributed by atoms with Gasteiger partial charge in [0.2, 0.25) is 6.79 Å². The molecule has 1 N–H and O–H groups in total. The summed E-state index contributed by atoms with van der Waals surface area (Å²) in [5.74, 6) is 2.83. The maximum absolute atomic E-state index is 5.53. The third kappa shape index (κ3) is 2.07. The summed E-state index contributed by atoms with van der Waals surface area (Å²) in [5, 5.41) is 3.49. The van der Waals surface area contributed by atoms with Gasteiger partial charge in [0.05, 0.1) is 0 Å². The topological polar surface area (TPSA) is 46.6 Å². The minimum absolute atomic E-state index is 0.315. The van der Waals surface area contributed by atoms with Gasteiger partial charge in [-0.1, -0.05) is 6.07 Å². The van der Waals surface area contributed by atoms with Gasteiger partial charge in [-0.05, 0) is 42.2 Å². The van der Waals surface area contributed by atoms with Crippen LogP contribution in [0.25, 0.3) is 11.1 Å². The number of anilines is 1. The van der Waals surface area contributed by atoms with Crippen LogP contribution in [0.2, 0.25) is 0 Å². The van der Waals surface area contributed by atoms with Gasteiger partial charge in [-0.25, -0.2) is 4.98 Å². The molecule has 5 nitrogen and oxygen atoms in total. The Morgan fingerprint density at radius 2 is 2.13 bits per heavy atom. The predicted molar refractivity (Wildman–Crippen MR) is 88.1 cm³/mol. The number of aromatic nitrogens is 1. The highest BCUT2D eigenvalue weighted by Gasteiger charge is 2.30. The first-order valence-electron chi connectivity index (χ1n) is 8.25. The summed E-state index contributed by atoms with van der Waals surface area (Å²) in [6.07, 6.45) is 4.20. The van der Waals surface area contributed by atoms with Crippen LogP contribution < -0.4 is 19.7 Å². The first-order valence-corrected chi connectivity index (χ1v) is 8.25. The lowest BCUT2D eigenvalue weighted by molar-refractivity contribution is 0.174. The van der Waals surface area contributed by atoms with Gasteiger partial charge >= 0.3 is 0 Å². The van der Waals surface area contributed by atoms with Crippen molar-refractivity contribution in [3.05, 3.63) is 36.0 Å². The van der Waals surface area contributed by atoms with Crippen LogP contribution in [-0.2, 0) is 6.42 Å². The van der Waals surface area contributed by atoms with E-state index in [0.29, 0.717) is 12.8 Å². The Labute approximate surface area is 135 Å². The predicted octanol–water partition coefficient (Wildman–Crippen LogP) is 2.20. The molecule has 23 heavy (non-hydrogen) atoms. The van der Waals surface area contributed by atoms with E-state index in [4.69, 9.17) is 14.5 Å². The van der Waals surface area contributed by atoms with Crippen LogP contribution in [0, 0.1) is 0 Å². The van der Waals surface area contributed by atoms with Crippen molar-refractivity contribution in [3.8, 4) is 22.6 Å². The van der Waals surface area contributed by atoms with Crippen LogP contribution in [-0.4, -0.2) is 37.5 Å². The number of ether oxygens (including phenoxy) is 2. The van der Waals surface area contributed by atoms with Crippen molar-refractivity contribution in [2.45, 2.75) is 18.9 Å².